The molecule has 134 valence electrons. The number of anilines is 2. The lowest BCUT2D eigenvalue weighted by Gasteiger charge is -2.13. The first-order valence-corrected chi connectivity index (χ1v) is 7.62. The number of nitrogens with one attached hydrogen (secondary N) is 2. The minimum Gasteiger partial charge on any atom is -0.481 e. The maximum atomic E-state index is 14.1. The molecule has 0 bridgehead atoms. The highest BCUT2D eigenvalue weighted by Gasteiger charge is 2.14. The van der Waals surface area contributed by atoms with Gasteiger partial charge in [-0.2, -0.15) is 5.26 Å². The third-order valence-electron chi connectivity index (χ3n) is 3.37. The molecule has 0 atom stereocenters. The Hall–Kier alpha value is -3.44. The van der Waals surface area contributed by atoms with Crippen LogP contribution in [0.3, 0.4) is 0 Å². The van der Waals surface area contributed by atoms with E-state index in [0.717, 1.165) is 5.56 Å². The summed E-state index contributed by atoms with van der Waals surface area (Å²) in [6, 6.07) is 10.7. The smallest absolute Gasteiger partial charge is 0.305 e. The number of hydrogen-bond donors (Lipinski definition) is 3. The van der Waals surface area contributed by atoms with Crippen LogP contribution in [0.1, 0.15) is 27.9 Å². The topological polar surface area (TPSA) is 111 Å². The van der Waals surface area contributed by atoms with Gasteiger partial charge < -0.3 is 10.4 Å². The van der Waals surface area contributed by atoms with Gasteiger partial charge in [0.25, 0.3) is 5.91 Å². The molecule has 0 aliphatic rings. The first-order chi connectivity index (χ1) is 12.4. The minimum atomic E-state index is -1.06. The van der Waals surface area contributed by atoms with E-state index < -0.39 is 17.7 Å². The van der Waals surface area contributed by atoms with Crippen LogP contribution in [0.25, 0.3) is 0 Å². The number of amides is 1. The van der Waals surface area contributed by atoms with Crippen molar-refractivity contribution in [3.8, 4) is 6.07 Å². The van der Waals surface area contributed by atoms with Crippen molar-refractivity contribution in [3.05, 3.63) is 58.9 Å². The van der Waals surface area contributed by atoms with Crippen molar-refractivity contribution in [1.29, 1.82) is 5.26 Å². The molecule has 0 radical (unpaired) electrons. The summed E-state index contributed by atoms with van der Waals surface area (Å²) < 4.78 is 14.1. The summed E-state index contributed by atoms with van der Waals surface area (Å²) in [6.45, 7) is 1.54. The SMILES string of the molecule is Cc1ccc(Nc2cc(C#N)ccc2C(=O)NOCCC(=O)O)c(F)c1. The number of nitrogens with zero attached hydrogens (tertiary/aromatic N) is 1. The molecule has 3 N–H and O–H groups in total. The molecular formula is C18H16FN3O4. The molecule has 0 fully saturated rings. The summed E-state index contributed by atoms with van der Waals surface area (Å²) in [5.41, 5.74) is 3.61. The second-order valence-corrected chi connectivity index (χ2v) is 5.40. The van der Waals surface area contributed by atoms with Gasteiger partial charge in [-0.1, -0.05) is 6.07 Å². The Morgan fingerprint density at radius 2 is 2.00 bits per heavy atom. The summed E-state index contributed by atoms with van der Waals surface area (Å²) in [6.07, 6.45) is -0.271. The van der Waals surface area contributed by atoms with Crippen molar-refractivity contribution >= 4 is 23.3 Å². The molecule has 0 unspecified atom stereocenters. The van der Waals surface area contributed by atoms with E-state index in [1.807, 2.05) is 6.07 Å². The van der Waals surface area contributed by atoms with Crippen LogP contribution in [0.4, 0.5) is 15.8 Å². The highest BCUT2D eigenvalue weighted by atomic mass is 19.1. The van der Waals surface area contributed by atoms with Crippen LogP contribution < -0.4 is 10.8 Å². The van der Waals surface area contributed by atoms with E-state index in [1.165, 1.54) is 30.3 Å². The van der Waals surface area contributed by atoms with Crippen LogP contribution in [0.2, 0.25) is 0 Å². The number of benzene rings is 2. The van der Waals surface area contributed by atoms with Gasteiger partial charge in [0.05, 0.1) is 41.6 Å². The number of carbonyl (C=O) groups excluding carboxylic acids is 1. The molecule has 0 aromatic heterocycles. The summed E-state index contributed by atoms with van der Waals surface area (Å²) in [7, 11) is 0. The lowest BCUT2D eigenvalue weighted by Crippen LogP contribution is -2.25. The van der Waals surface area contributed by atoms with E-state index >= 15 is 0 Å². The van der Waals surface area contributed by atoms with E-state index in [1.54, 1.807) is 13.0 Å². The second-order valence-electron chi connectivity index (χ2n) is 5.40. The van der Waals surface area contributed by atoms with Gasteiger partial charge >= 0.3 is 5.97 Å². The fourth-order valence-electron chi connectivity index (χ4n) is 2.09. The molecule has 0 saturated carbocycles. The van der Waals surface area contributed by atoms with Crippen LogP contribution in [-0.2, 0) is 9.63 Å². The Kier molecular flexibility index (Phi) is 6.25. The molecule has 2 aromatic rings. The van der Waals surface area contributed by atoms with E-state index in [-0.39, 0.29) is 35.5 Å². The monoisotopic (exact) mass is 357 g/mol. The summed E-state index contributed by atoms with van der Waals surface area (Å²) >= 11 is 0. The van der Waals surface area contributed by atoms with Crippen LogP contribution in [-0.4, -0.2) is 23.6 Å². The molecule has 26 heavy (non-hydrogen) atoms. The van der Waals surface area contributed by atoms with E-state index in [0.29, 0.717) is 0 Å². The van der Waals surface area contributed by atoms with Crippen LogP contribution >= 0.6 is 0 Å². The van der Waals surface area contributed by atoms with Gasteiger partial charge in [0.2, 0.25) is 0 Å². The molecule has 0 aliphatic carbocycles. The van der Waals surface area contributed by atoms with Crippen LogP contribution in [0.5, 0.6) is 0 Å². The average Bonchev–Trinajstić information content (AvgIpc) is 2.60. The Morgan fingerprint density at radius 1 is 1.23 bits per heavy atom. The largest absolute Gasteiger partial charge is 0.481 e. The number of nitriles is 1. The van der Waals surface area contributed by atoms with Gasteiger partial charge in [-0.25, -0.2) is 9.87 Å². The number of aliphatic carboxylic acids is 1. The maximum Gasteiger partial charge on any atom is 0.305 e. The van der Waals surface area contributed by atoms with Gasteiger partial charge in [-0.15, -0.1) is 0 Å². The van der Waals surface area contributed by atoms with Gasteiger partial charge in [-0.05, 0) is 42.8 Å². The Bertz CT molecular complexity index is 877. The zero-order valence-electron chi connectivity index (χ0n) is 13.9. The Labute approximate surface area is 149 Å². The molecule has 8 heteroatoms. The van der Waals surface area contributed by atoms with E-state index in [4.69, 9.17) is 15.2 Å². The zero-order valence-corrected chi connectivity index (χ0v) is 13.9. The molecule has 2 rings (SSSR count). The zero-order chi connectivity index (χ0) is 19.1. The summed E-state index contributed by atoms with van der Waals surface area (Å²) in [4.78, 5) is 27.5. The van der Waals surface area contributed by atoms with Crippen molar-refractivity contribution in [1.82, 2.24) is 5.48 Å². The Morgan fingerprint density at radius 3 is 2.65 bits per heavy atom. The summed E-state index contributed by atoms with van der Waals surface area (Å²) in [5, 5.41) is 20.4. The summed E-state index contributed by atoms with van der Waals surface area (Å²) in [5.74, 6) is -2.22. The predicted octanol–water partition coefficient (Wildman–Crippen LogP) is 2.89. The number of aryl methyl sites for hydroxylation is 1. The van der Waals surface area contributed by atoms with Gasteiger partial charge in [0.15, 0.2) is 0 Å². The van der Waals surface area contributed by atoms with Crippen LogP contribution in [0.15, 0.2) is 36.4 Å². The minimum absolute atomic E-state index is 0.110. The van der Waals surface area contributed by atoms with E-state index in [9.17, 15) is 14.0 Å². The molecule has 7 nitrogen and oxygen atoms in total. The maximum absolute atomic E-state index is 14.1. The van der Waals surface area contributed by atoms with Crippen molar-refractivity contribution in [2.75, 3.05) is 11.9 Å². The quantitative estimate of drug-likeness (QED) is 0.519. The fraction of sp³-hybridized carbons (Fsp3) is 0.167. The molecule has 0 aliphatic heterocycles. The van der Waals surface area contributed by atoms with Crippen molar-refractivity contribution in [2.24, 2.45) is 0 Å². The number of rotatable bonds is 7. The molecule has 1 amide bonds. The number of carboxylic acid groups (broad SMARTS) is 1. The second kappa shape index (κ2) is 8.60. The lowest BCUT2D eigenvalue weighted by atomic mass is 10.1. The van der Waals surface area contributed by atoms with Gasteiger partial charge in [0.1, 0.15) is 5.82 Å². The average molecular weight is 357 g/mol. The molecule has 2 aromatic carbocycles. The van der Waals surface area contributed by atoms with Crippen LogP contribution in [0, 0.1) is 24.1 Å². The van der Waals surface area contributed by atoms with E-state index in [2.05, 4.69) is 10.8 Å². The predicted molar refractivity (Wildman–Crippen MR) is 91.2 cm³/mol. The number of hydroxylamine groups is 1. The number of carbonyl (C=O) groups is 2. The normalized spacial score (nSPS) is 10.0. The molecule has 0 heterocycles. The third kappa shape index (κ3) is 5.03. The number of hydrogen-bond acceptors (Lipinski definition) is 5. The first kappa shape index (κ1) is 18.9. The van der Waals surface area contributed by atoms with Crippen molar-refractivity contribution in [2.45, 2.75) is 13.3 Å². The number of halogens is 1. The van der Waals surface area contributed by atoms with Gasteiger partial charge in [-0.3, -0.25) is 14.4 Å². The standard InChI is InChI=1S/C18H16FN3O4/c1-11-2-5-15(14(19)8-11)21-16-9-12(10-20)3-4-13(16)18(25)22-26-7-6-17(23)24/h2-5,8-9,21H,6-7H2,1H3,(H,22,25)(H,23,24). The molecule has 0 saturated heterocycles. The third-order valence-corrected chi connectivity index (χ3v) is 3.37. The molecule has 0 spiro atoms. The van der Waals surface area contributed by atoms with Gasteiger partial charge in [0, 0.05) is 0 Å². The van der Waals surface area contributed by atoms with Crippen molar-refractivity contribution < 1.29 is 23.9 Å². The number of carboxylic acids is 1. The first-order valence-electron chi connectivity index (χ1n) is 7.62. The highest BCUT2D eigenvalue weighted by Crippen LogP contribution is 2.25. The molecular weight excluding hydrogens is 341 g/mol. The van der Waals surface area contributed by atoms with Crippen molar-refractivity contribution in [3.63, 3.8) is 0 Å². The highest BCUT2D eigenvalue weighted by molar-refractivity contribution is 6.00. The lowest BCUT2D eigenvalue weighted by molar-refractivity contribution is -0.138. The Balaban J connectivity index is 2.22. The fourth-order valence-corrected chi connectivity index (χ4v) is 2.09.